The molecule has 1 aromatic heterocycles. The molecule has 2 heterocycles. The average molecular weight is 391 g/mol. The first-order valence-corrected chi connectivity index (χ1v) is 10.1. The molecule has 2 aromatic carbocycles. The number of nitrogens with one attached hydrogen (secondary N) is 1. The van der Waals surface area contributed by atoms with Crippen molar-refractivity contribution in [1.82, 2.24) is 15.1 Å². The maximum Gasteiger partial charge on any atom is 0.273 e. The van der Waals surface area contributed by atoms with Gasteiger partial charge in [0.05, 0.1) is 12.6 Å². The Labute approximate surface area is 170 Å². The SMILES string of the molecule is CCCCN1C(=O)c2[nH]nc(-c3ccccc3O)c2[C@@H]1c1ccc(OCC)cc1. The van der Waals surface area contributed by atoms with Crippen molar-refractivity contribution in [2.45, 2.75) is 32.7 Å². The first kappa shape index (κ1) is 19.1. The lowest BCUT2D eigenvalue weighted by Gasteiger charge is -2.26. The van der Waals surface area contributed by atoms with Crippen molar-refractivity contribution in [1.29, 1.82) is 0 Å². The number of aromatic amines is 1. The van der Waals surface area contributed by atoms with Gasteiger partial charge < -0.3 is 14.7 Å². The van der Waals surface area contributed by atoms with Gasteiger partial charge in [0.15, 0.2) is 0 Å². The minimum atomic E-state index is -0.256. The second kappa shape index (κ2) is 7.99. The fraction of sp³-hybridized carbons (Fsp3) is 0.304. The molecule has 6 nitrogen and oxygen atoms in total. The van der Waals surface area contributed by atoms with Gasteiger partial charge in [-0.15, -0.1) is 0 Å². The molecule has 2 N–H and O–H groups in total. The molecule has 1 atom stereocenters. The second-order valence-electron chi connectivity index (χ2n) is 7.13. The van der Waals surface area contributed by atoms with Crippen molar-refractivity contribution in [2.24, 2.45) is 0 Å². The summed E-state index contributed by atoms with van der Waals surface area (Å²) in [5.74, 6) is 0.891. The molecule has 0 aliphatic carbocycles. The molecule has 0 radical (unpaired) electrons. The van der Waals surface area contributed by atoms with Gasteiger partial charge in [-0.25, -0.2) is 0 Å². The lowest BCUT2D eigenvalue weighted by molar-refractivity contribution is 0.0741. The van der Waals surface area contributed by atoms with E-state index in [0.717, 1.165) is 29.7 Å². The maximum absolute atomic E-state index is 13.2. The number of rotatable bonds is 7. The third kappa shape index (κ3) is 3.35. The summed E-state index contributed by atoms with van der Waals surface area (Å²) in [4.78, 5) is 15.0. The Morgan fingerprint density at radius 2 is 1.90 bits per heavy atom. The molecular formula is C23H25N3O3. The van der Waals surface area contributed by atoms with E-state index in [9.17, 15) is 9.90 Å². The van der Waals surface area contributed by atoms with Gasteiger partial charge in [-0.05, 0) is 43.2 Å². The van der Waals surface area contributed by atoms with Crippen LogP contribution in [0, 0.1) is 0 Å². The highest BCUT2D eigenvalue weighted by Gasteiger charge is 2.42. The smallest absolute Gasteiger partial charge is 0.273 e. The molecule has 4 rings (SSSR count). The standard InChI is InChI=1S/C23H25N3O3/c1-3-5-14-26-22(15-10-12-16(13-11-15)29-4-2)19-20(24-25-21(19)23(26)28)17-8-6-7-9-18(17)27/h6-13,22,27H,3-5,14H2,1-2H3,(H,24,25)/t22-/m0/s1. The van der Waals surface area contributed by atoms with Gasteiger partial charge in [0.1, 0.15) is 22.9 Å². The van der Waals surface area contributed by atoms with Crippen LogP contribution in [0.2, 0.25) is 0 Å². The van der Waals surface area contributed by atoms with E-state index in [-0.39, 0.29) is 17.7 Å². The zero-order valence-corrected chi connectivity index (χ0v) is 16.7. The van der Waals surface area contributed by atoms with E-state index >= 15 is 0 Å². The predicted molar refractivity (Wildman–Crippen MR) is 111 cm³/mol. The van der Waals surface area contributed by atoms with Gasteiger partial charge in [0.2, 0.25) is 0 Å². The number of benzene rings is 2. The Kier molecular flexibility index (Phi) is 5.25. The number of H-pyrrole nitrogens is 1. The molecule has 0 spiro atoms. The van der Waals surface area contributed by atoms with Crippen LogP contribution in [-0.2, 0) is 0 Å². The third-order valence-corrected chi connectivity index (χ3v) is 5.28. The largest absolute Gasteiger partial charge is 0.507 e. The first-order valence-electron chi connectivity index (χ1n) is 10.1. The van der Waals surface area contributed by atoms with Crippen molar-refractivity contribution < 1.29 is 14.6 Å². The third-order valence-electron chi connectivity index (χ3n) is 5.28. The zero-order chi connectivity index (χ0) is 20.4. The van der Waals surface area contributed by atoms with E-state index in [2.05, 4.69) is 17.1 Å². The maximum atomic E-state index is 13.2. The number of aromatic nitrogens is 2. The van der Waals surface area contributed by atoms with Crippen molar-refractivity contribution in [3.63, 3.8) is 0 Å². The van der Waals surface area contributed by atoms with Crippen LogP contribution in [0.1, 0.15) is 54.3 Å². The van der Waals surface area contributed by atoms with Crippen LogP contribution >= 0.6 is 0 Å². The molecule has 6 heteroatoms. The highest BCUT2D eigenvalue weighted by molar-refractivity contribution is 6.00. The molecule has 1 amide bonds. The first-order chi connectivity index (χ1) is 14.2. The molecular weight excluding hydrogens is 366 g/mol. The van der Waals surface area contributed by atoms with Crippen LogP contribution in [0.25, 0.3) is 11.3 Å². The summed E-state index contributed by atoms with van der Waals surface area (Å²) >= 11 is 0. The van der Waals surface area contributed by atoms with Crippen LogP contribution in [0.3, 0.4) is 0 Å². The summed E-state index contributed by atoms with van der Waals surface area (Å²) in [6, 6.07) is 14.7. The van der Waals surface area contributed by atoms with Crippen LogP contribution in [0.5, 0.6) is 11.5 Å². The van der Waals surface area contributed by atoms with E-state index < -0.39 is 0 Å². The number of unbranched alkanes of at least 4 members (excludes halogenated alkanes) is 1. The van der Waals surface area contributed by atoms with Crippen LogP contribution in [0.15, 0.2) is 48.5 Å². The minimum absolute atomic E-state index is 0.0542. The number of para-hydroxylation sites is 1. The van der Waals surface area contributed by atoms with Gasteiger partial charge >= 0.3 is 0 Å². The second-order valence-corrected chi connectivity index (χ2v) is 7.13. The van der Waals surface area contributed by atoms with E-state index in [1.807, 2.05) is 48.2 Å². The number of phenols is 1. The number of carbonyl (C=O) groups excluding carboxylic acids is 1. The number of ether oxygens (including phenoxy) is 1. The van der Waals surface area contributed by atoms with Gasteiger partial charge in [0, 0.05) is 17.7 Å². The molecule has 1 aliphatic rings. The number of amides is 1. The normalized spacial score (nSPS) is 15.6. The lowest BCUT2D eigenvalue weighted by atomic mass is 9.95. The molecule has 1 aliphatic heterocycles. The summed E-state index contributed by atoms with van der Waals surface area (Å²) in [6.07, 6.45) is 1.92. The minimum Gasteiger partial charge on any atom is -0.507 e. The highest BCUT2D eigenvalue weighted by Crippen LogP contribution is 2.44. The quantitative estimate of drug-likeness (QED) is 0.620. The summed E-state index contributed by atoms with van der Waals surface area (Å²) in [7, 11) is 0. The van der Waals surface area contributed by atoms with Crippen LogP contribution in [-0.4, -0.2) is 39.3 Å². The monoisotopic (exact) mass is 391 g/mol. The Hall–Kier alpha value is -3.28. The van der Waals surface area contributed by atoms with E-state index in [0.29, 0.717) is 30.1 Å². The van der Waals surface area contributed by atoms with E-state index in [1.54, 1.807) is 12.1 Å². The molecule has 0 fully saturated rings. The molecule has 29 heavy (non-hydrogen) atoms. The van der Waals surface area contributed by atoms with Gasteiger partial charge in [-0.2, -0.15) is 5.10 Å². The van der Waals surface area contributed by atoms with Gasteiger partial charge in [-0.3, -0.25) is 9.89 Å². The topological polar surface area (TPSA) is 78.5 Å². The number of nitrogens with zero attached hydrogens (tertiary/aromatic N) is 2. The van der Waals surface area contributed by atoms with E-state index in [4.69, 9.17) is 4.74 Å². The summed E-state index contributed by atoms with van der Waals surface area (Å²) < 4.78 is 5.57. The van der Waals surface area contributed by atoms with E-state index in [1.165, 1.54) is 0 Å². The number of aromatic hydroxyl groups is 1. The number of fused-ring (bicyclic) bond motifs is 1. The predicted octanol–water partition coefficient (Wildman–Crippen LogP) is 4.53. The Morgan fingerprint density at radius 3 is 2.59 bits per heavy atom. The van der Waals surface area contributed by atoms with Gasteiger partial charge in [0.25, 0.3) is 5.91 Å². The van der Waals surface area contributed by atoms with Gasteiger partial charge in [-0.1, -0.05) is 37.6 Å². The Morgan fingerprint density at radius 1 is 1.14 bits per heavy atom. The molecule has 0 unspecified atom stereocenters. The molecule has 0 saturated carbocycles. The van der Waals surface area contributed by atoms with Crippen molar-refractivity contribution >= 4 is 5.91 Å². The molecule has 150 valence electrons. The molecule has 0 saturated heterocycles. The fourth-order valence-electron chi connectivity index (χ4n) is 3.89. The molecule has 0 bridgehead atoms. The van der Waals surface area contributed by atoms with Crippen LogP contribution < -0.4 is 4.74 Å². The highest BCUT2D eigenvalue weighted by atomic mass is 16.5. The lowest BCUT2D eigenvalue weighted by Crippen LogP contribution is -2.30. The Balaban J connectivity index is 1.83. The van der Waals surface area contributed by atoms with Crippen molar-refractivity contribution in [2.75, 3.05) is 13.2 Å². The molecule has 3 aromatic rings. The average Bonchev–Trinajstić information content (AvgIpc) is 3.27. The van der Waals surface area contributed by atoms with Crippen LogP contribution in [0.4, 0.5) is 0 Å². The van der Waals surface area contributed by atoms with Crippen molar-refractivity contribution in [3.05, 3.63) is 65.4 Å². The number of carbonyl (C=O) groups is 1. The zero-order valence-electron chi connectivity index (χ0n) is 16.7. The fourth-order valence-corrected chi connectivity index (χ4v) is 3.89. The number of hydrogen-bond acceptors (Lipinski definition) is 4. The number of phenolic OH excluding ortho intramolecular Hbond substituents is 1. The Bertz CT molecular complexity index is 1010. The summed E-state index contributed by atoms with van der Waals surface area (Å²) in [5.41, 5.74) is 3.54. The number of hydrogen-bond donors (Lipinski definition) is 2. The van der Waals surface area contributed by atoms with Crippen molar-refractivity contribution in [3.8, 4) is 22.8 Å². The summed E-state index contributed by atoms with van der Waals surface area (Å²) in [5, 5.41) is 17.7. The summed E-state index contributed by atoms with van der Waals surface area (Å²) in [6.45, 7) is 5.33.